The van der Waals surface area contributed by atoms with E-state index in [4.69, 9.17) is 17.3 Å². The van der Waals surface area contributed by atoms with E-state index in [-0.39, 0.29) is 11.9 Å². The molecule has 0 radical (unpaired) electrons. The van der Waals surface area contributed by atoms with E-state index in [1.807, 2.05) is 48.2 Å². The number of rotatable bonds is 4. The largest absolute Gasteiger partial charge is 0.383 e. The lowest BCUT2D eigenvalue weighted by molar-refractivity contribution is -0.142. The molecule has 8 heteroatoms. The van der Waals surface area contributed by atoms with E-state index in [9.17, 15) is 4.79 Å². The highest BCUT2D eigenvalue weighted by atomic mass is 35.5. The maximum absolute atomic E-state index is 13.1. The van der Waals surface area contributed by atoms with Crippen LogP contribution < -0.4 is 5.73 Å². The summed E-state index contributed by atoms with van der Waals surface area (Å²) in [6.07, 6.45) is 1.47. The fraction of sp³-hybridized carbons (Fsp3) is 0.261. The summed E-state index contributed by atoms with van der Waals surface area (Å²) in [6.45, 7) is 4.86. The van der Waals surface area contributed by atoms with Crippen LogP contribution in [0.3, 0.4) is 0 Å². The van der Waals surface area contributed by atoms with Crippen molar-refractivity contribution in [2.75, 3.05) is 18.8 Å². The monoisotopic (exact) mass is 451 g/mol. The van der Waals surface area contributed by atoms with Gasteiger partial charge in [0.05, 0.1) is 11.6 Å². The zero-order valence-electron chi connectivity index (χ0n) is 17.1. The Morgan fingerprint density at radius 3 is 2.87 bits per heavy atom. The van der Waals surface area contributed by atoms with Crippen molar-refractivity contribution in [1.29, 1.82) is 0 Å². The molecule has 3 heterocycles. The van der Waals surface area contributed by atoms with Crippen molar-refractivity contribution in [3.8, 4) is 0 Å². The second-order valence-corrected chi connectivity index (χ2v) is 9.52. The Morgan fingerprint density at radius 1 is 1.13 bits per heavy atom. The molecule has 1 fully saturated rings. The third-order valence-corrected chi connectivity index (χ3v) is 7.19. The number of carbonyl (C=O) groups excluding carboxylic acids is 1. The number of carbonyl (C=O) groups is 1. The zero-order chi connectivity index (χ0) is 21.5. The van der Waals surface area contributed by atoms with Crippen molar-refractivity contribution in [2.45, 2.75) is 26.1 Å². The molecule has 1 amide bonds. The first-order valence-electron chi connectivity index (χ1n) is 10.2. The number of thiophene rings is 1. The Morgan fingerprint density at radius 2 is 2.00 bits per heavy atom. The number of hydrogen-bond donors (Lipinski definition) is 1. The number of hydrogen-bond acceptors (Lipinski definition) is 6. The van der Waals surface area contributed by atoms with Gasteiger partial charge in [-0.15, -0.1) is 11.3 Å². The van der Waals surface area contributed by atoms with Gasteiger partial charge in [-0.3, -0.25) is 9.69 Å². The summed E-state index contributed by atoms with van der Waals surface area (Å²) in [5.74, 6) is 0.621. The molecule has 1 aliphatic heterocycles. The van der Waals surface area contributed by atoms with Crippen LogP contribution in [0.1, 0.15) is 17.4 Å². The van der Waals surface area contributed by atoms with E-state index in [0.29, 0.717) is 18.9 Å². The van der Waals surface area contributed by atoms with Crippen LogP contribution in [0.4, 0.5) is 5.82 Å². The maximum atomic E-state index is 13.1. The Kier molecular flexibility index (Phi) is 5.25. The number of benzene rings is 2. The molecule has 0 saturated carbocycles. The molecule has 0 bridgehead atoms. The van der Waals surface area contributed by atoms with Gasteiger partial charge in [0.15, 0.2) is 0 Å². The second kappa shape index (κ2) is 8.07. The smallest absolute Gasteiger partial charge is 0.239 e. The third-order valence-electron chi connectivity index (χ3n) is 5.87. The van der Waals surface area contributed by atoms with Gasteiger partial charge in [0.2, 0.25) is 5.91 Å². The van der Waals surface area contributed by atoms with Crippen LogP contribution in [0.5, 0.6) is 0 Å². The average Bonchev–Trinajstić information content (AvgIpc) is 3.15. The summed E-state index contributed by atoms with van der Waals surface area (Å²) in [5, 5.41) is 2.78. The number of piperazine rings is 1. The van der Waals surface area contributed by atoms with Crippen LogP contribution in [0.15, 0.2) is 48.8 Å². The van der Waals surface area contributed by atoms with E-state index in [0.717, 1.165) is 34.6 Å². The molecule has 1 saturated heterocycles. The number of halogens is 1. The van der Waals surface area contributed by atoms with Gasteiger partial charge in [0, 0.05) is 46.2 Å². The predicted octanol–water partition coefficient (Wildman–Crippen LogP) is 4.31. The van der Waals surface area contributed by atoms with Crippen LogP contribution >= 0.6 is 22.9 Å². The first-order valence-corrected chi connectivity index (χ1v) is 11.4. The summed E-state index contributed by atoms with van der Waals surface area (Å²) < 4.78 is 1.18. The molecule has 2 aromatic heterocycles. The van der Waals surface area contributed by atoms with Crippen LogP contribution in [0, 0.1) is 0 Å². The lowest BCUT2D eigenvalue weighted by Crippen LogP contribution is -2.54. The number of amides is 1. The molecule has 6 nitrogen and oxygen atoms in total. The molecular weight excluding hydrogens is 430 g/mol. The number of fused-ring (bicyclic) bond motifs is 2. The van der Waals surface area contributed by atoms with Gasteiger partial charge in [0.25, 0.3) is 0 Å². The topological polar surface area (TPSA) is 75.3 Å². The number of aromatic nitrogens is 2. The van der Waals surface area contributed by atoms with Crippen LogP contribution in [0.2, 0.25) is 5.02 Å². The van der Waals surface area contributed by atoms with Gasteiger partial charge >= 0.3 is 0 Å². The zero-order valence-corrected chi connectivity index (χ0v) is 18.7. The molecule has 0 aliphatic carbocycles. The molecule has 5 rings (SSSR count). The van der Waals surface area contributed by atoms with Gasteiger partial charge in [-0.05, 0) is 48.2 Å². The normalized spacial score (nSPS) is 17.7. The van der Waals surface area contributed by atoms with Crippen molar-refractivity contribution in [3.05, 3.63) is 64.3 Å². The summed E-state index contributed by atoms with van der Waals surface area (Å²) in [4.78, 5) is 26.8. The van der Waals surface area contributed by atoms with Gasteiger partial charge in [-0.1, -0.05) is 23.7 Å². The second-order valence-electron chi connectivity index (χ2n) is 7.91. The highest BCUT2D eigenvalue weighted by Crippen LogP contribution is 2.30. The minimum absolute atomic E-state index is 0.151. The van der Waals surface area contributed by atoms with E-state index in [1.165, 1.54) is 21.3 Å². The minimum atomic E-state index is -0.166. The minimum Gasteiger partial charge on any atom is -0.383 e. The molecule has 1 atom stereocenters. The first kappa shape index (κ1) is 20.2. The van der Waals surface area contributed by atoms with Crippen molar-refractivity contribution < 1.29 is 4.79 Å². The lowest BCUT2D eigenvalue weighted by Gasteiger charge is -2.39. The van der Waals surface area contributed by atoms with Crippen molar-refractivity contribution in [1.82, 2.24) is 19.8 Å². The predicted molar refractivity (Wildman–Crippen MR) is 126 cm³/mol. The average molecular weight is 452 g/mol. The van der Waals surface area contributed by atoms with E-state index < -0.39 is 0 Å². The molecule has 0 unspecified atom stereocenters. The Hall–Kier alpha value is -2.74. The van der Waals surface area contributed by atoms with Crippen LogP contribution in [-0.4, -0.2) is 44.8 Å². The first-order chi connectivity index (χ1) is 15.0. The highest BCUT2D eigenvalue weighted by Gasteiger charge is 2.31. The number of nitrogens with zero attached hydrogens (tertiary/aromatic N) is 4. The molecule has 2 N–H and O–H groups in total. The van der Waals surface area contributed by atoms with Crippen LogP contribution in [0.25, 0.3) is 21.0 Å². The Bertz CT molecular complexity index is 1290. The molecular formula is C23H22ClN5OS. The molecule has 0 spiro atoms. The Balaban J connectivity index is 1.28. The maximum Gasteiger partial charge on any atom is 0.239 e. The molecule has 2 aromatic carbocycles. The quantitative estimate of drug-likeness (QED) is 0.500. The highest BCUT2D eigenvalue weighted by molar-refractivity contribution is 7.19. The van der Waals surface area contributed by atoms with Crippen molar-refractivity contribution in [2.24, 2.45) is 0 Å². The standard InChI is InChI=1S/C23H22ClN5OS/c1-14-23(30)29(11-15-2-5-19-20(8-15)26-13-27-22(19)25)7-6-28(14)12-18-9-16-3-4-17(24)10-21(16)31-18/h2-5,8-10,13-14H,6-7,11-12H2,1H3,(H2,25,26,27)/t14-/m1/s1. The number of nitrogens with two attached hydrogens (primary N) is 1. The molecule has 31 heavy (non-hydrogen) atoms. The van der Waals surface area contributed by atoms with E-state index >= 15 is 0 Å². The molecule has 1 aliphatic rings. The fourth-order valence-electron chi connectivity index (χ4n) is 4.13. The van der Waals surface area contributed by atoms with E-state index in [1.54, 1.807) is 11.3 Å². The van der Waals surface area contributed by atoms with E-state index in [2.05, 4.69) is 20.9 Å². The number of nitrogen functional groups attached to an aromatic ring is 1. The SMILES string of the molecule is C[C@@H]1C(=O)N(Cc2ccc3c(N)ncnc3c2)CCN1Cc1cc2ccc(Cl)cc2s1. The van der Waals surface area contributed by atoms with Gasteiger partial charge in [-0.2, -0.15) is 0 Å². The summed E-state index contributed by atoms with van der Waals surface area (Å²) in [6, 6.07) is 13.9. The van der Waals surface area contributed by atoms with Gasteiger partial charge in [-0.25, -0.2) is 9.97 Å². The third kappa shape index (κ3) is 3.96. The fourth-order valence-corrected chi connectivity index (χ4v) is 5.49. The Labute approximate surface area is 189 Å². The summed E-state index contributed by atoms with van der Waals surface area (Å²) in [5.41, 5.74) is 7.76. The van der Waals surface area contributed by atoms with Gasteiger partial charge < -0.3 is 10.6 Å². The lowest BCUT2D eigenvalue weighted by atomic mass is 10.1. The van der Waals surface area contributed by atoms with Crippen molar-refractivity contribution >= 4 is 55.7 Å². The van der Waals surface area contributed by atoms with Crippen molar-refractivity contribution in [3.63, 3.8) is 0 Å². The summed E-state index contributed by atoms with van der Waals surface area (Å²) in [7, 11) is 0. The molecule has 158 valence electrons. The molecule has 4 aromatic rings. The number of anilines is 1. The summed E-state index contributed by atoms with van der Waals surface area (Å²) >= 11 is 7.86. The van der Waals surface area contributed by atoms with Gasteiger partial charge in [0.1, 0.15) is 12.1 Å². The van der Waals surface area contributed by atoms with Crippen LogP contribution in [-0.2, 0) is 17.9 Å².